The first-order chi connectivity index (χ1) is 8.34. The highest BCUT2D eigenvalue weighted by molar-refractivity contribution is 5.57. The van der Waals surface area contributed by atoms with Gasteiger partial charge in [0, 0.05) is 5.69 Å². The normalized spacial score (nSPS) is 19.5. The second kappa shape index (κ2) is 4.22. The molecule has 2 atom stereocenters. The van der Waals surface area contributed by atoms with Crippen LogP contribution in [0.3, 0.4) is 0 Å². The molecule has 86 valence electrons. The molecule has 1 aliphatic heterocycles. The molecule has 1 heterocycles. The Hall–Kier alpha value is -1.80. The number of fused-ring (bicyclic) bond motifs is 1. The Morgan fingerprint density at radius 1 is 1.00 bits per heavy atom. The summed E-state index contributed by atoms with van der Waals surface area (Å²) in [6.07, 6.45) is 0.426. The number of anilines is 1. The predicted molar refractivity (Wildman–Crippen MR) is 69.0 cm³/mol. The molecule has 0 bridgehead atoms. The molecule has 0 aromatic heterocycles. The summed E-state index contributed by atoms with van der Waals surface area (Å²) in [7, 11) is 0. The van der Waals surface area contributed by atoms with Crippen LogP contribution in [0.5, 0.6) is 0 Å². The lowest BCUT2D eigenvalue weighted by Crippen LogP contribution is -2.24. The van der Waals surface area contributed by atoms with Crippen LogP contribution in [0.2, 0.25) is 0 Å². The van der Waals surface area contributed by atoms with E-state index in [9.17, 15) is 5.11 Å². The van der Waals surface area contributed by atoms with Gasteiger partial charge in [0.25, 0.3) is 0 Å². The van der Waals surface area contributed by atoms with Gasteiger partial charge in [0.2, 0.25) is 0 Å². The second-order valence-corrected chi connectivity index (χ2v) is 4.47. The van der Waals surface area contributed by atoms with Crippen molar-refractivity contribution in [3.05, 3.63) is 65.7 Å². The van der Waals surface area contributed by atoms with Gasteiger partial charge < -0.3 is 10.4 Å². The number of aliphatic hydroxyl groups is 1. The lowest BCUT2D eigenvalue weighted by atomic mass is 9.99. The van der Waals surface area contributed by atoms with Crippen molar-refractivity contribution in [2.75, 3.05) is 5.32 Å². The Morgan fingerprint density at radius 2 is 1.71 bits per heavy atom. The second-order valence-electron chi connectivity index (χ2n) is 4.47. The van der Waals surface area contributed by atoms with Gasteiger partial charge in [-0.05, 0) is 23.6 Å². The molecule has 0 aliphatic carbocycles. The van der Waals surface area contributed by atoms with Crippen LogP contribution in [0.1, 0.15) is 17.2 Å². The SMILES string of the molecule is O[C@H](c1ccccc1)[C@@H]1Cc2ccccc2N1. The Kier molecular flexibility index (Phi) is 2.57. The summed E-state index contributed by atoms with van der Waals surface area (Å²) in [4.78, 5) is 0. The fourth-order valence-corrected chi connectivity index (χ4v) is 2.40. The zero-order valence-electron chi connectivity index (χ0n) is 9.51. The van der Waals surface area contributed by atoms with Crippen LogP contribution >= 0.6 is 0 Å². The molecule has 2 N–H and O–H groups in total. The molecule has 1 aliphatic rings. The molecule has 0 spiro atoms. The van der Waals surface area contributed by atoms with Gasteiger partial charge in [-0.2, -0.15) is 0 Å². The van der Waals surface area contributed by atoms with Gasteiger partial charge in [0.05, 0.1) is 12.1 Å². The minimum atomic E-state index is -0.455. The quantitative estimate of drug-likeness (QED) is 0.823. The summed E-state index contributed by atoms with van der Waals surface area (Å²) in [5.41, 5.74) is 3.40. The maximum absolute atomic E-state index is 10.3. The topological polar surface area (TPSA) is 32.3 Å². The average Bonchev–Trinajstić information content (AvgIpc) is 2.82. The van der Waals surface area contributed by atoms with Crippen molar-refractivity contribution < 1.29 is 5.11 Å². The Labute approximate surface area is 101 Å². The Morgan fingerprint density at radius 3 is 2.47 bits per heavy atom. The highest BCUT2D eigenvalue weighted by atomic mass is 16.3. The van der Waals surface area contributed by atoms with Crippen molar-refractivity contribution in [3.8, 4) is 0 Å². The summed E-state index contributed by atoms with van der Waals surface area (Å²) in [5.74, 6) is 0. The van der Waals surface area contributed by atoms with Gasteiger partial charge in [-0.3, -0.25) is 0 Å². The van der Waals surface area contributed by atoms with E-state index in [1.807, 2.05) is 42.5 Å². The first-order valence-corrected chi connectivity index (χ1v) is 5.92. The average molecular weight is 225 g/mol. The molecule has 2 aromatic carbocycles. The summed E-state index contributed by atoms with van der Waals surface area (Å²) in [6, 6.07) is 18.1. The summed E-state index contributed by atoms with van der Waals surface area (Å²) < 4.78 is 0. The van der Waals surface area contributed by atoms with Gasteiger partial charge in [-0.15, -0.1) is 0 Å². The number of hydrogen-bond donors (Lipinski definition) is 2. The van der Waals surface area contributed by atoms with Gasteiger partial charge in [-0.1, -0.05) is 48.5 Å². The maximum atomic E-state index is 10.3. The number of aliphatic hydroxyl groups excluding tert-OH is 1. The molecule has 17 heavy (non-hydrogen) atoms. The van der Waals surface area contributed by atoms with E-state index in [1.54, 1.807) is 0 Å². The standard InChI is InChI=1S/C15H15NO/c17-15(11-6-2-1-3-7-11)14-10-12-8-4-5-9-13(12)16-14/h1-9,14-17H,10H2/t14-,15+/m0/s1. The van der Waals surface area contributed by atoms with E-state index < -0.39 is 6.10 Å². The van der Waals surface area contributed by atoms with Gasteiger partial charge in [-0.25, -0.2) is 0 Å². The van der Waals surface area contributed by atoms with E-state index in [2.05, 4.69) is 17.4 Å². The highest BCUT2D eigenvalue weighted by Gasteiger charge is 2.27. The fraction of sp³-hybridized carbons (Fsp3) is 0.200. The summed E-state index contributed by atoms with van der Waals surface area (Å²) >= 11 is 0. The van der Waals surface area contributed by atoms with Crippen molar-refractivity contribution in [3.63, 3.8) is 0 Å². The molecule has 0 saturated heterocycles. The van der Waals surface area contributed by atoms with E-state index in [1.165, 1.54) is 5.56 Å². The highest BCUT2D eigenvalue weighted by Crippen LogP contribution is 2.31. The smallest absolute Gasteiger partial charge is 0.0994 e. The summed E-state index contributed by atoms with van der Waals surface area (Å²) in [6.45, 7) is 0. The van der Waals surface area contributed by atoms with E-state index in [0.717, 1.165) is 17.7 Å². The lowest BCUT2D eigenvalue weighted by molar-refractivity contribution is 0.156. The first-order valence-electron chi connectivity index (χ1n) is 5.92. The van der Waals surface area contributed by atoms with Gasteiger partial charge in [0.15, 0.2) is 0 Å². The van der Waals surface area contributed by atoms with Crippen LogP contribution in [0, 0.1) is 0 Å². The molecular formula is C15H15NO. The van der Waals surface area contributed by atoms with E-state index in [-0.39, 0.29) is 6.04 Å². The Bertz CT molecular complexity index is 484. The Balaban J connectivity index is 1.81. The molecular weight excluding hydrogens is 210 g/mol. The minimum Gasteiger partial charge on any atom is -0.386 e. The zero-order chi connectivity index (χ0) is 11.7. The van der Waals surface area contributed by atoms with E-state index in [0.29, 0.717) is 0 Å². The largest absolute Gasteiger partial charge is 0.386 e. The molecule has 0 unspecified atom stereocenters. The zero-order valence-corrected chi connectivity index (χ0v) is 9.51. The number of nitrogens with one attached hydrogen (secondary N) is 1. The third kappa shape index (κ3) is 1.92. The maximum Gasteiger partial charge on any atom is 0.0994 e. The molecule has 0 saturated carbocycles. The van der Waals surface area contributed by atoms with Crippen LogP contribution in [0.4, 0.5) is 5.69 Å². The predicted octanol–water partition coefficient (Wildman–Crippen LogP) is 2.76. The number of rotatable bonds is 2. The number of benzene rings is 2. The lowest BCUT2D eigenvalue weighted by Gasteiger charge is -2.19. The van der Waals surface area contributed by atoms with Crippen molar-refractivity contribution in [1.82, 2.24) is 0 Å². The minimum absolute atomic E-state index is 0.0785. The molecule has 2 heteroatoms. The first kappa shape index (κ1) is 10.4. The van der Waals surface area contributed by atoms with Crippen molar-refractivity contribution >= 4 is 5.69 Å². The summed E-state index contributed by atoms with van der Waals surface area (Å²) in [5, 5.41) is 13.7. The third-order valence-electron chi connectivity index (χ3n) is 3.32. The van der Waals surface area contributed by atoms with E-state index in [4.69, 9.17) is 0 Å². The molecule has 3 rings (SSSR count). The number of para-hydroxylation sites is 1. The van der Waals surface area contributed by atoms with Crippen LogP contribution in [0.25, 0.3) is 0 Å². The third-order valence-corrected chi connectivity index (χ3v) is 3.32. The number of hydrogen-bond acceptors (Lipinski definition) is 2. The van der Waals surface area contributed by atoms with Crippen LogP contribution in [-0.4, -0.2) is 11.1 Å². The molecule has 0 radical (unpaired) electrons. The fourth-order valence-electron chi connectivity index (χ4n) is 2.40. The van der Waals surface area contributed by atoms with E-state index >= 15 is 0 Å². The monoisotopic (exact) mass is 225 g/mol. The van der Waals surface area contributed by atoms with Gasteiger partial charge >= 0.3 is 0 Å². The van der Waals surface area contributed by atoms with Crippen LogP contribution in [0.15, 0.2) is 54.6 Å². The van der Waals surface area contributed by atoms with Crippen molar-refractivity contribution in [1.29, 1.82) is 0 Å². The van der Waals surface area contributed by atoms with Crippen LogP contribution in [-0.2, 0) is 6.42 Å². The van der Waals surface area contributed by atoms with Crippen molar-refractivity contribution in [2.24, 2.45) is 0 Å². The van der Waals surface area contributed by atoms with Crippen LogP contribution < -0.4 is 5.32 Å². The molecule has 2 nitrogen and oxygen atoms in total. The molecule has 2 aromatic rings. The van der Waals surface area contributed by atoms with Gasteiger partial charge in [0.1, 0.15) is 0 Å². The molecule has 0 fully saturated rings. The molecule has 0 amide bonds. The van der Waals surface area contributed by atoms with Crippen molar-refractivity contribution in [2.45, 2.75) is 18.6 Å².